The summed E-state index contributed by atoms with van der Waals surface area (Å²) in [4.78, 5) is 12.8. The normalized spacial score (nSPS) is 23.1. The quantitative estimate of drug-likeness (QED) is 0.452. The van der Waals surface area contributed by atoms with Crippen molar-refractivity contribution in [2.75, 3.05) is 26.9 Å². The molecule has 2 saturated heterocycles. The zero-order valence-electron chi connectivity index (χ0n) is 20.0. The lowest BCUT2D eigenvalue weighted by molar-refractivity contribution is -0.0907. The lowest BCUT2D eigenvalue weighted by atomic mass is 9.99. The Morgan fingerprint density at radius 3 is 2.61 bits per heavy atom. The molecule has 10 nitrogen and oxygen atoms in total. The Morgan fingerprint density at radius 1 is 1.19 bits per heavy atom. The summed E-state index contributed by atoms with van der Waals surface area (Å²) in [5.41, 5.74) is 7.32. The van der Waals surface area contributed by atoms with Crippen LogP contribution in [0.5, 0.6) is 5.75 Å². The van der Waals surface area contributed by atoms with Crippen molar-refractivity contribution in [1.29, 1.82) is 0 Å². The molecule has 2 aliphatic heterocycles. The minimum Gasteiger partial charge on any atom is -0.497 e. The lowest BCUT2D eigenvalue weighted by Crippen LogP contribution is -2.54. The van der Waals surface area contributed by atoms with E-state index in [-0.39, 0.29) is 30.3 Å². The number of ether oxygens (including phenoxy) is 4. The van der Waals surface area contributed by atoms with Gasteiger partial charge in [-0.2, -0.15) is 0 Å². The number of sulfonamides is 1. The largest absolute Gasteiger partial charge is 0.497 e. The van der Waals surface area contributed by atoms with Gasteiger partial charge in [0.1, 0.15) is 11.9 Å². The van der Waals surface area contributed by atoms with Gasteiger partial charge in [-0.25, -0.2) is 13.2 Å². The number of carbonyl (C=O) groups excluding carboxylic acids is 1. The predicted molar refractivity (Wildman–Crippen MR) is 132 cm³/mol. The van der Waals surface area contributed by atoms with Gasteiger partial charge in [0.2, 0.25) is 18.0 Å². The molecule has 0 saturated carbocycles. The van der Waals surface area contributed by atoms with Crippen molar-refractivity contribution < 1.29 is 32.2 Å². The van der Waals surface area contributed by atoms with Crippen LogP contribution in [0.1, 0.15) is 12.0 Å². The van der Waals surface area contributed by atoms with E-state index in [0.29, 0.717) is 23.0 Å². The Bertz CT molecular complexity index is 1120. The van der Waals surface area contributed by atoms with Gasteiger partial charge in [0.25, 0.3) is 0 Å². The smallest absolute Gasteiger partial charge is 0.407 e. The highest BCUT2D eigenvalue weighted by Gasteiger charge is 2.44. The zero-order valence-corrected chi connectivity index (χ0v) is 20.8. The van der Waals surface area contributed by atoms with E-state index in [4.69, 9.17) is 32.7 Å². The number of rotatable bonds is 10. The molecule has 2 fully saturated rings. The first-order chi connectivity index (χ1) is 17.3. The molecule has 1 amide bonds. The van der Waals surface area contributed by atoms with Gasteiger partial charge < -0.3 is 30.0 Å². The molecular formula is C24H30BN3O7S. The van der Waals surface area contributed by atoms with Crippen LogP contribution >= 0.6 is 0 Å². The molecule has 2 radical (unpaired) electrons. The predicted octanol–water partition coefficient (Wildman–Crippen LogP) is 1.20. The van der Waals surface area contributed by atoms with E-state index in [1.807, 2.05) is 30.3 Å². The molecule has 192 valence electrons. The maximum Gasteiger partial charge on any atom is 0.407 e. The van der Waals surface area contributed by atoms with Crippen molar-refractivity contribution in [2.24, 2.45) is 11.7 Å². The molecule has 1 unspecified atom stereocenters. The number of carbonyl (C=O) groups is 1. The Morgan fingerprint density at radius 2 is 1.92 bits per heavy atom. The molecular weight excluding hydrogens is 485 g/mol. The molecule has 12 heteroatoms. The molecule has 2 aliphatic rings. The number of hydrogen-bond donors (Lipinski definition) is 2. The number of hydrogen-bond acceptors (Lipinski definition) is 8. The van der Waals surface area contributed by atoms with E-state index in [2.05, 4.69) is 5.32 Å². The number of fused-ring (bicyclic) bond motifs is 1. The third kappa shape index (κ3) is 6.19. The second-order valence-corrected chi connectivity index (χ2v) is 10.7. The van der Waals surface area contributed by atoms with Crippen molar-refractivity contribution in [3.8, 4) is 5.75 Å². The van der Waals surface area contributed by atoms with Gasteiger partial charge in [-0.05, 0) is 42.7 Å². The molecule has 3 N–H and O–H groups in total. The molecule has 2 aromatic carbocycles. The van der Waals surface area contributed by atoms with Crippen molar-refractivity contribution >= 4 is 24.1 Å². The summed E-state index contributed by atoms with van der Waals surface area (Å²) >= 11 is 0. The molecule has 0 bridgehead atoms. The monoisotopic (exact) mass is 515 g/mol. The number of nitrogens with two attached hydrogens (primary N) is 1. The van der Waals surface area contributed by atoms with Gasteiger partial charge in [0, 0.05) is 12.6 Å². The van der Waals surface area contributed by atoms with Crippen LogP contribution < -0.4 is 15.8 Å². The minimum absolute atomic E-state index is 0.000418. The fraction of sp³-hybridized carbons (Fsp3) is 0.458. The Labute approximate surface area is 212 Å². The van der Waals surface area contributed by atoms with E-state index in [1.165, 1.54) is 31.4 Å². The first-order valence-electron chi connectivity index (χ1n) is 11.7. The van der Waals surface area contributed by atoms with Gasteiger partial charge in [-0.15, -0.1) is 0 Å². The van der Waals surface area contributed by atoms with E-state index in [0.717, 1.165) is 12.0 Å². The highest BCUT2D eigenvalue weighted by molar-refractivity contribution is 7.90. The summed E-state index contributed by atoms with van der Waals surface area (Å²) in [6.45, 7) is 0.583. The van der Waals surface area contributed by atoms with E-state index in [1.54, 1.807) is 0 Å². The van der Waals surface area contributed by atoms with Crippen LogP contribution in [0.3, 0.4) is 0 Å². The Hall–Kier alpha value is -2.64. The van der Waals surface area contributed by atoms with Gasteiger partial charge in [0.15, 0.2) is 6.29 Å². The number of methoxy groups -OCH3 is 1. The first-order valence-corrected chi connectivity index (χ1v) is 13.1. The van der Waals surface area contributed by atoms with E-state index >= 15 is 0 Å². The highest BCUT2D eigenvalue weighted by atomic mass is 32.2. The number of benzene rings is 2. The van der Waals surface area contributed by atoms with Crippen LogP contribution in [0, 0.1) is 5.92 Å². The average molecular weight is 515 g/mol. The summed E-state index contributed by atoms with van der Waals surface area (Å²) < 4.78 is 48.3. The third-order valence-corrected chi connectivity index (χ3v) is 8.05. The van der Waals surface area contributed by atoms with Gasteiger partial charge in [0.05, 0.1) is 37.2 Å². The maximum absolute atomic E-state index is 13.0. The van der Waals surface area contributed by atoms with Crippen LogP contribution in [0.2, 0.25) is 0 Å². The molecule has 0 aromatic heterocycles. The topological polar surface area (TPSA) is 129 Å². The highest BCUT2D eigenvalue weighted by Crippen LogP contribution is 2.33. The van der Waals surface area contributed by atoms with Crippen LogP contribution in [-0.4, -0.2) is 78.1 Å². The number of amides is 1. The maximum atomic E-state index is 13.0. The fourth-order valence-corrected chi connectivity index (χ4v) is 5.48. The second kappa shape index (κ2) is 11.6. The first kappa shape index (κ1) is 26.4. The number of nitrogens with zero attached hydrogens (tertiary/aromatic N) is 1. The molecule has 5 atom stereocenters. The molecule has 36 heavy (non-hydrogen) atoms. The Kier molecular flexibility index (Phi) is 8.52. The summed E-state index contributed by atoms with van der Waals surface area (Å²) in [5.74, 6) is 0.508. The average Bonchev–Trinajstić information content (AvgIpc) is 3.49. The van der Waals surface area contributed by atoms with E-state index < -0.39 is 34.3 Å². The van der Waals surface area contributed by atoms with Crippen LogP contribution in [0.25, 0.3) is 0 Å². The summed E-state index contributed by atoms with van der Waals surface area (Å²) in [6, 6.07) is 13.8. The summed E-state index contributed by atoms with van der Waals surface area (Å²) in [6.07, 6.45) is -0.328. The van der Waals surface area contributed by atoms with Crippen LogP contribution in [0.15, 0.2) is 59.5 Å². The fourth-order valence-electron chi connectivity index (χ4n) is 4.36. The number of alkyl carbamates (subject to hydrolysis) is 1. The van der Waals surface area contributed by atoms with Gasteiger partial charge in [-0.3, -0.25) is 4.22 Å². The molecule has 0 aliphatic carbocycles. The lowest BCUT2D eigenvalue weighted by Gasteiger charge is -2.29. The number of nitrogens with one attached hydrogen (secondary N) is 1. The molecule has 2 heterocycles. The third-order valence-electron chi connectivity index (χ3n) is 6.42. The van der Waals surface area contributed by atoms with Gasteiger partial charge in [-0.1, -0.05) is 30.3 Å². The second-order valence-electron chi connectivity index (χ2n) is 8.82. The summed E-state index contributed by atoms with van der Waals surface area (Å²) in [5, 5.41) is 2.81. The van der Waals surface area contributed by atoms with Gasteiger partial charge >= 0.3 is 6.09 Å². The zero-order chi connectivity index (χ0) is 25.7. The van der Waals surface area contributed by atoms with Crippen molar-refractivity contribution in [1.82, 2.24) is 9.53 Å². The van der Waals surface area contributed by atoms with E-state index in [9.17, 15) is 13.2 Å². The van der Waals surface area contributed by atoms with Crippen LogP contribution in [-0.2, 0) is 30.7 Å². The Balaban J connectivity index is 1.43. The minimum atomic E-state index is -4.02. The summed E-state index contributed by atoms with van der Waals surface area (Å²) in [7, 11) is 3.43. The molecule has 0 spiro atoms. The van der Waals surface area contributed by atoms with Crippen molar-refractivity contribution in [3.63, 3.8) is 0 Å². The molecule has 2 aromatic rings. The standard InChI is InChI=1S/C24H30BN3O7S/c1-32-17-7-9-18(10-8-17)36(30,31)28(25)14-20(26)21(13-16-5-3-2-4-6-16)27-24(29)35-22-15-34-23-19(22)11-12-33-23/h2-10,19-23H,11-15,26H2,1H3,(H,27,29)/t19-,20+,21-,22?,23+/m0/s1. The van der Waals surface area contributed by atoms with Crippen molar-refractivity contribution in [2.45, 2.75) is 42.2 Å². The van der Waals surface area contributed by atoms with Crippen molar-refractivity contribution in [3.05, 3.63) is 60.2 Å². The SMILES string of the molecule is [B]N(C[C@@H](N)[C@H](Cc1ccccc1)NC(=O)OC1CO[C@H]2OCC[C@@H]12)S(=O)(=O)c1ccc(OC)cc1. The van der Waals surface area contributed by atoms with Crippen LogP contribution in [0.4, 0.5) is 4.79 Å². The molecule has 4 rings (SSSR count).